The molecule has 0 aromatic carbocycles. The summed E-state index contributed by atoms with van der Waals surface area (Å²) in [6.07, 6.45) is 1.64. The van der Waals surface area contributed by atoms with Gasteiger partial charge in [0, 0.05) is 18.1 Å². The molecular weight excluding hydrogens is 234 g/mol. The second-order valence-electron chi connectivity index (χ2n) is 3.85. The topological polar surface area (TPSA) is 76.5 Å². The maximum Gasteiger partial charge on any atom is 0.0701 e. The van der Waals surface area contributed by atoms with Crippen LogP contribution in [0.25, 0.3) is 10.4 Å². The van der Waals surface area contributed by atoms with Crippen LogP contribution in [0.5, 0.6) is 0 Å². The maximum atomic E-state index is 8.04. The molecule has 0 bridgehead atoms. The molecule has 0 saturated heterocycles. The minimum atomic E-state index is 0.480. The lowest BCUT2D eigenvalue weighted by Crippen LogP contribution is -2.10. The summed E-state index contributed by atoms with van der Waals surface area (Å²) in [6, 6.07) is 0. The molecule has 18 heavy (non-hydrogen) atoms. The first-order valence-corrected chi connectivity index (χ1v) is 6.16. The fourth-order valence-corrected chi connectivity index (χ4v) is 1.07. The zero-order chi connectivity index (χ0) is 13.5. The summed E-state index contributed by atoms with van der Waals surface area (Å²) in [5, 5.41) is 3.41. The second-order valence-corrected chi connectivity index (χ2v) is 3.85. The third kappa shape index (κ3) is 14.9. The Balaban J connectivity index is 2.98. The van der Waals surface area contributed by atoms with E-state index in [0.717, 1.165) is 18.4 Å². The van der Waals surface area contributed by atoms with Gasteiger partial charge in [0.1, 0.15) is 0 Å². The Morgan fingerprint density at radius 2 is 1.61 bits per heavy atom. The van der Waals surface area contributed by atoms with E-state index in [1.165, 1.54) is 0 Å². The highest BCUT2D eigenvalue weighted by atomic mass is 16.5. The van der Waals surface area contributed by atoms with Crippen LogP contribution in [-0.2, 0) is 14.2 Å². The van der Waals surface area contributed by atoms with Crippen molar-refractivity contribution >= 4 is 0 Å². The van der Waals surface area contributed by atoms with Crippen LogP contribution in [0.1, 0.15) is 19.8 Å². The lowest BCUT2D eigenvalue weighted by atomic mass is 10.3. The van der Waals surface area contributed by atoms with Crippen molar-refractivity contribution in [3.63, 3.8) is 0 Å². The van der Waals surface area contributed by atoms with E-state index in [2.05, 4.69) is 16.6 Å². The highest BCUT2D eigenvalue weighted by Crippen LogP contribution is 1.94. The van der Waals surface area contributed by atoms with Gasteiger partial charge in [0.2, 0.25) is 0 Å². The summed E-state index contributed by atoms with van der Waals surface area (Å²) < 4.78 is 15.9. The van der Waals surface area contributed by atoms with Crippen molar-refractivity contribution in [3.05, 3.63) is 22.6 Å². The number of hydrogen-bond donors (Lipinski definition) is 0. The van der Waals surface area contributed by atoms with Crippen molar-refractivity contribution in [2.24, 2.45) is 5.11 Å². The highest BCUT2D eigenvalue weighted by molar-refractivity contribution is 4.86. The van der Waals surface area contributed by atoms with Gasteiger partial charge in [0.05, 0.1) is 33.0 Å². The van der Waals surface area contributed by atoms with Gasteiger partial charge in [-0.2, -0.15) is 0 Å². The number of hydrogen-bond acceptors (Lipinski definition) is 4. The Kier molecular flexibility index (Phi) is 13.2. The van der Waals surface area contributed by atoms with Crippen LogP contribution >= 0.6 is 0 Å². The molecule has 0 unspecified atom stereocenters. The van der Waals surface area contributed by atoms with Gasteiger partial charge in [-0.05, 0) is 25.3 Å². The number of ether oxygens (including phenoxy) is 3. The standard InChI is InChI=1S/C12H23N3O3/c1-12(2)4-7-17-9-11-18-10-8-16-6-3-5-14-15-13/h1,3-11H2,2H3. The second kappa shape index (κ2) is 14.0. The van der Waals surface area contributed by atoms with E-state index in [1.807, 2.05) is 6.92 Å². The average molecular weight is 257 g/mol. The monoisotopic (exact) mass is 257 g/mol. The minimum absolute atomic E-state index is 0.480. The Hall–Kier alpha value is -1.07. The van der Waals surface area contributed by atoms with Gasteiger partial charge in [-0.15, -0.1) is 6.58 Å². The molecule has 0 N–H and O–H groups in total. The largest absolute Gasteiger partial charge is 0.379 e. The molecule has 0 radical (unpaired) electrons. The molecule has 0 heterocycles. The van der Waals surface area contributed by atoms with Gasteiger partial charge in [-0.3, -0.25) is 0 Å². The maximum absolute atomic E-state index is 8.04. The Bertz CT molecular complexity index is 241. The van der Waals surface area contributed by atoms with Crippen LogP contribution in [0, 0.1) is 0 Å². The van der Waals surface area contributed by atoms with Gasteiger partial charge in [-0.25, -0.2) is 0 Å². The van der Waals surface area contributed by atoms with Crippen LogP contribution in [0.3, 0.4) is 0 Å². The molecule has 0 atom stereocenters. The van der Waals surface area contributed by atoms with Crippen molar-refractivity contribution in [1.82, 2.24) is 0 Å². The predicted molar refractivity (Wildman–Crippen MR) is 70.5 cm³/mol. The predicted octanol–water partition coefficient (Wildman–Crippen LogP) is 2.70. The van der Waals surface area contributed by atoms with Crippen LogP contribution in [0.15, 0.2) is 17.3 Å². The molecule has 0 fully saturated rings. The molecule has 6 nitrogen and oxygen atoms in total. The molecule has 0 spiro atoms. The fourth-order valence-electron chi connectivity index (χ4n) is 1.07. The van der Waals surface area contributed by atoms with E-state index in [-0.39, 0.29) is 0 Å². The lowest BCUT2D eigenvalue weighted by Gasteiger charge is -2.06. The van der Waals surface area contributed by atoms with Gasteiger partial charge >= 0.3 is 0 Å². The fraction of sp³-hybridized carbons (Fsp3) is 0.833. The van der Waals surface area contributed by atoms with Crippen molar-refractivity contribution in [3.8, 4) is 0 Å². The van der Waals surface area contributed by atoms with E-state index in [4.69, 9.17) is 19.7 Å². The normalized spacial score (nSPS) is 10.1. The molecule has 0 aromatic rings. The van der Waals surface area contributed by atoms with Crippen molar-refractivity contribution in [1.29, 1.82) is 0 Å². The zero-order valence-electron chi connectivity index (χ0n) is 11.1. The Morgan fingerprint density at radius 1 is 1.06 bits per heavy atom. The zero-order valence-corrected chi connectivity index (χ0v) is 11.1. The van der Waals surface area contributed by atoms with Crippen molar-refractivity contribution < 1.29 is 14.2 Å². The molecule has 0 aliphatic carbocycles. The summed E-state index contributed by atoms with van der Waals surface area (Å²) in [6.45, 7) is 9.86. The molecule has 0 aliphatic rings. The third-order valence-electron chi connectivity index (χ3n) is 2.03. The molecule has 0 saturated carbocycles. The lowest BCUT2D eigenvalue weighted by molar-refractivity contribution is 0.0150. The molecule has 104 valence electrons. The summed E-state index contributed by atoms with van der Waals surface area (Å²) in [5.74, 6) is 0. The summed E-state index contributed by atoms with van der Waals surface area (Å²) >= 11 is 0. The van der Waals surface area contributed by atoms with Gasteiger partial charge in [0.25, 0.3) is 0 Å². The number of nitrogens with zero attached hydrogens (tertiary/aromatic N) is 3. The molecule has 0 amide bonds. The van der Waals surface area contributed by atoms with Crippen molar-refractivity contribution in [2.45, 2.75) is 19.8 Å². The molecule has 0 rings (SSSR count). The smallest absolute Gasteiger partial charge is 0.0701 e. The summed E-state index contributed by atoms with van der Waals surface area (Å²) in [4.78, 5) is 2.65. The first-order chi connectivity index (χ1) is 8.77. The van der Waals surface area contributed by atoms with Crippen LogP contribution in [0.4, 0.5) is 0 Å². The van der Waals surface area contributed by atoms with Crippen molar-refractivity contribution in [2.75, 3.05) is 46.2 Å². The Labute approximate surface area is 109 Å². The highest BCUT2D eigenvalue weighted by Gasteiger charge is 1.92. The average Bonchev–Trinajstić information content (AvgIpc) is 2.34. The van der Waals surface area contributed by atoms with Crippen LogP contribution < -0.4 is 0 Å². The van der Waals surface area contributed by atoms with E-state index >= 15 is 0 Å². The van der Waals surface area contributed by atoms with E-state index in [9.17, 15) is 0 Å². The first kappa shape index (κ1) is 16.9. The molecule has 0 aromatic heterocycles. The number of rotatable bonds is 13. The van der Waals surface area contributed by atoms with E-state index < -0.39 is 0 Å². The third-order valence-corrected chi connectivity index (χ3v) is 2.03. The van der Waals surface area contributed by atoms with Crippen LogP contribution in [0.2, 0.25) is 0 Å². The molecular formula is C12H23N3O3. The first-order valence-electron chi connectivity index (χ1n) is 6.16. The van der Waals surface area contributed by atoms with Gasteiger partial charge < -0.3 is 14.2 Å². The van der Waals surface area contributed by atoms with Gasteiger partial charge in [0.15, 0.2) is 0 Å². The summed E-state index contributed by atoms with van der Waals surface area (Å²) in [5.41, 5.74) is 9.17. The van der Waals surface area contributed by atoms with Crippen LogP contribution in [-0.4, -0.2) is 46.2 Å². The quantitative estimate of drug-likeness (QED) is 0.167. The summed E-state index contributed by atoms with van der Waals surface area (Å²) in [7, 11) is 0. The van der Waals surface area contributed by atoms with E-state index in [1.54, 1.807) is 0 Å². The Morgan fingerprint density at radius 3 is 2.17 bits per heavy atom. The SMILES string of the molecule is C=C(C)CCOCCOCCOCCCN=[N+]=[N-]. The minimum Gasteiger partial charge on any atom is -0.379 e. The molecule has 6 heteroatoms. The number of azide groups is 1. The van der Waals surface area contributed by atoms with E-state index in [0.29, 0.717) is 46.2 Å². The van der Waals surface area contributed by atoms with Gasteiger partial charge in [-0.1, -0.05) is 10.7 Å². The molecule has 0 aliphatic heterocycles.